The monoisotopic (exact) mass is 376 g/mol. The van der Waals surface area contributed by atoms with Crippen LogP contribution in [0.3, 0.4) is 0 Å². The third-order valence-electron chi connectivity index (χ3n) is 5.76. The zero-order chi connectivity index (χ0) is 20.4. The fourth-order valence-corrected chi connectivity index (χ4v) is 4.23. The highest BCUT2D eigenvalue weighted by Crippen LogP contribution is 2.41. The normalized spacial score (nSPS) is 17.4. The molecule has 0 aromatic heterocycles. The van der Waals surface area contributed by atoms with E-state index in [2.05, 4.69) is 57.1 Å². The largest absolute Gasteiger partial charge is 0.346 e. The number of aryl methyl sites for hydroxylation is 1. The van der Waals surface area contributed by atoms with Gasteiger partial charge in [-0.2, -0.15) is 0 Å². The summed E-state index contributed by atoms with van der Waals surface area (Å²) >= 11 is 0. The smallest absolute Gasteiger partial charge is 0.0835 e. The number of allylic oxidation sites excluding steroid dienone is 3. The number of aliphatic imine (C=N–C) groups is 1. The van der Waals surface area contributed by atoms with Crippen molar-refractivity contribution in [3.63, 3.8) is 0 Å². The first kappa shape index (κ1) is 20.2. The van der Waals surface area contributed by atoms with Crippen molar-refractivity contribution in [3.05, 3.63) is 40.0 Å². The van der Waals surface area contributed by atoms with E-state index in [4.69, 9.17) is 10.8 Å². The van der Waals surface area contributed by atoms with E-state index in [9.17, 15) is 0 Å². The molecule has 0 unspecified atom stereocenters. The molecule has 28 heavy (non-hydrogen) atoms. The van der Waals surface area contributed by atoms with Crippen molar-refractivity contribution in [2.24, 2.45) is 10.9 Å². The molecule has 0 spiro atoms. The molecule has 1 aromatic rings. The topological polar surface area (TPSA) is 72.1 Å². The number of rotatable bonds is 8. The second-order valence-corrected chi connectivity index (χ2v) is 8.15. The minimum Gasteiger partial charge on any atom is -0.346 e. The summed E-state index contributed by atoms with van der Waals surface area (Å²) in [6, 6.07) is 4.40. The molecule has 1 fully saturated rings. The predicted molar refractivity (Wildman–Crippen MR) is 122 cm³/mol. The van der Waals surface area contributed by atoms with Crippen LogP contribution in [0.1, 0.15) is 70.1 Å². The van der Waals surface area contributed by atoms with Crippen LogP contribution in [0.25, 0.3) is 11.1 Å². The van der Waals surface area contributed by atoms with Crippen molar-refractivity contribution < 1.29 is 0 Å². The van der Waals surface area contributed by atoms with E-state index in [1.54, 1.807) is 0 Å². The van der Waals surface area contributed by atoms with Gasteiger partial charge in [-0.15, -0.1) is 0 Å². The fraction of sp³-hybridized carbons (Fsp3) is 0.458. The summed E-state index contributed by atoms with van der Waals surface area (Å²) in [5.41, 5.74) is 11.0. The second-order valence-electron chi connectivity index (χ2n) is 8.15. The minimum absolute atomic E-state index is 0.384. The molecule has 4 nitrogen and oxygen atoms in total. The van der Waals surface area contributed by atoms with E-state index < -0.39 is 0 Å². The van der Waals surface area contributed by atoms with Gasteiger partial charge in [-0.1, -0.05) is 18.9 Å². The van der Waals surface area contributed by atoms with Gasteiger partial charge < -0.3 is 10.7 Å². The molecule has 1 saturated carbocycles. The number of anilines is 1. The Balaban J connectivity index is 2.25. The number of hydrogen-bond donors (Lipinski definition) is 3. The first-order valence-corrected chi connectivity index (χ1v) is 10.3. The van der Waals surface area contributed by atoms with E-state index in [0.717, 1.165) is 66.0 Å². The van der Waals surface area contributed by atoms with Crippen LogP contribution in [0.2, 0.25) is 0 Å². The maximum Gasteiger partial charge on any atom is 0.0835 e. The van der Waals surface area contributed by atoms with E-state index in [-0.39, 0.29) is 0 Å². The summed E-state index contributed by atoms with van der Waals surface area (Å²) in [6.07, 6.45) is 5.52. The molecular formula is C24H32N4. The third kappa shape index (κ3) is 3.87. The summed E-state index contributed by atoms with van der Waals surface area (Å²) in [5.74, 6) is 0.384. The molecule has 3 rings (SSSR count). The molecule has 0 atom stereocenters. The molecule has 148 valence electrons. The Hall–Kier alpha value is -2.49. The molecule has 4 heteroatoms. The van der Waals surface area contributed by atoms with Crippen molar-refractivity contribution in [1.29, 1.82) is 10.8 Å². The minimum atomic E-state index is 0.384. The van der Waals surface area contributed by atoms with Gasteiger partial charge in [-0.3, -0.25) is 10.4 Å². The van der Waals surface area contributed by atoms with Gasteiger partial charge in [0.25, 0.3) is 0 Å². The third-order valence-corrected chi connectivity index (χ3v) is 5.76. The van der Waals surface area contributed by atoms with Crippen LogP contribution in [-0.4, -0.2) is 24.3 Å². The van der Waals surface area contributed by atoms with Crippen LogP contribution >= 0.6 is 0 Å². The molecule has 1 aromatic carbocycles. The van der Waals surface area contributed by atoms with Crippen LogP contribution in [-0.2, 0) is 0 Å². The SMILES string of the molecule is CCC/C(C)=C(/C(=N)C1CC1)c1cc(C2=C(C)CN=C2C)cc(C)c1NC=N. The average molecular weight is 377 g/mol. The Morgan fingerprint density at radius 3 is 2.50 bits per heavy atom. The highest BCUT2D eigenvalue weighted by atomic mass is 14.9. The number of hydrogen-bond acceptors (Lipinski definition) is 3. The summed E-state index contributed by atoms with van der Waals surface area (Å²) in [5, 5.41) is 19.6. The molecular weight excluding hydrogens is 344 g/mol. The quantitative estimate of drug-likeness (QED) is 0.363. The van der Waals surface area contributed by atoms with Crippen LogP contribution in [0, 0.1) is 23.7 Å². The zero-order valence-electron chi connectivity index (χ0n) is 17.8. The molecule has 1 heterocycles. The van der Waals surface area contributed by atoms with E-state index in [1.165, 1.54) is 28.6 Å². The molecule has 1 aliphatic heterocycles. The first-order chi connectivity index (χ1) is 13.4. The lowest BCUT2D eigenvalue weighted by Crippen LogP contribution is -2.11. The second kappa shape index (κ2) is 8.26. The summed E-state index contributed by atoms with van der Waals surface area (Å²) < 4.78 is 0. The highest BCUT2D eigenvalue weighted by molar-refractivity contribution is 6.28. The van der Waals surface area contributed by atoms with Crippen molar-refractivity contribution in [2.45, 2.75) is 60.3 Å². The first-order valence-electron chi connectivity index (χ1n) is 10.3. The van der Waals surface area contributed by atoms with E-state index >= 15 is 0 Å². The van der Waals surface area contributed by atoms with Gasteiger partial charge in [0.05, 0.1) is 18.6 Å². The molecule has 0 saturated heterocycles. The van der Waals surface area contributed by atoms with Crippen LogP contribution in [0.5, 0.6) is 0 Å². The lowest BCUT2D eigenvalue weighted by Gasteiger charge is -2.21. The Morgan fingerprint density at radius 2 is 1.96 bits per heavy atom. The van der Waals surface area contributed by atoms with Crippen molar-refractivity contribution in [1.82, 2.24) is 0 Å². The number of nitrogens with one attached hydrogen (secondary N) is 3. The van der Waals surface area contributed by atoms with Crippen LogP contribution in [0.15, 0.2) is 28.3 Å². The van der Waals surface area contributed by atoms with Gasteiger partial charge >= 0.3 is 0 Å². The Labute approximate surface area is 168 Å². The summed E-state index contributed by atoms with van der Waals surface area (Å²) in [7, 11) is 0. The van der Waals surface area contributed by atoms with Crippen molar-refractivity contribution in [3.8, 4) is 0 Å². The van der Waals surface area contributed by atoms with Crippen LogP contribution < -0.4 is 5.32 Å². The Bertz CT molecular complexity index is 911. The standard InChI is InChI=1S/C24H32N4/c1-6-7-14(2)22(23(26)18-8-9-18)20-11-19(10-15(3)24(20)28-13-25)21-16(4)12-27-17(21)5/h10-11,13,18,26H,6-9,12H2,1-5H3,(H2,25,28)/b22-14+,26-23?. The van der Waals surface area contributed by atoms with Gasteiger partial charge in [0.15, 0.2) is 0 Å². The lowest BCUT2D eigenvalue weighted by atomic mass is 9.86. The van der Waals surface area contributed by atoms with E-state index in [0.29, 0.717) is 5.92 Å². The molecule has 0 amide bonds. The molecule has 1 aliphatic carbocycles. The molecule has 0 radical (unpaired) electrons. The van der Waals surface area contributed by atoms with Crippen LogP contribution in [0.4, 0.5) is 5.69 Å². The van der Waals surface area contributed by atoms with E-state index in [1.807, 2.05) is 0 Å². The van der Waals surface area contributed by atoms with Gasteiger partial charge in [-0.25, -0.2) is 0 Å². The number of benzene rings is 1. The van der Waals surface area contributed by atoms with Gasteiger partial charge in [0.1, 0.15) is 0 Å². The van der Waals surface area contributed by atoms with Gasteiger partial charge in [-0.05, 0) is 75.8 Å². The number of nitrogens with zero attached hydrogens (tertiary/aromatic N) is 1. The zero-order valence-corrected chi connectivity index (χ0v) is 17.8. The van der Waals surface area contributed by atoms with Gasteiger partial charge in [0, 0.05) is 34.1 Å². The average Bonchev–Trinajstić information content (AvgIpc) is 3.43. The predicted octanol–water partition coefficient (Wildman–Crippen LogP) is 6.27. The lowest BCUT2D eigenvalue weighted by molar-refractivity contribution is 0.908. The summed E-state index contributed by atoms with van der Waals surface area (Å²) in [6.45, 7) is 11.4. The maximum absolute atomic E-state index is 8.89. The van der Waals surface area contributed by atoms with Gasteiger partial charge in [0.2, 0.25) is 0 Å². The Kier molecular flexibility index (Phi) is 5.97. The maximum atomic E-state index is 8.89. The van der Waals surface area contributed by atoms with Crippen molar-refractivity contribution >= 4 is 34.6 Å². The molecule has 2 aliphatic rings. The fourth-order valence-electron chi connectivity index (χ4n) is 4.23. The highest BCUT2D eigenvalue weighted by Gasteiger charge is 2.31. The van der Waals surface area contributed by atoms with Crippen molar-refractivity contribution in [2.75, 3.05) is 11.9 Å². The Morgan fingerprint density at radius 1 is 1.25 bits per heavy atom. The molecule has 0 bridgehead atoms. The molecule has 3 N–H and O–H groups in total. The summed E-state index contributed by atoms with van der Waals surface area (Å²) in [4.78, 5) is 4.61.